The average Bonchev–Trinajstić information content (AvgIpc) is 3.01. The molecule has 2 heterocycles. The number of thiocarbonyl (C=S) groups is 1. The van der Waals surface area contributed by atoms with Crippen LogP contribution < -0.4 is 0 Å². The van der Waals surface area contributed by atoms with Gasteiger partial charge in [0.25, 0.3) is 5.91 Å². The molecule has 0 N–H and O–H groups in total. The lowest BCUT2D eigenvalue weighted by Crippen LogP contribution is -2.33. The van der Waals surface area contributed by atoms with E-state index in [9.17, 15) is 4.79 Å². The molecule has 0 radical (unpaired) electrons. The minimum absolute atomic E-state index is 0.0130. The van der Waals surface area contributed by atoms with Crippen molar-refractivity contribution in [1.29, 1.82) is 0 Å². The molecule has 0 spiro atoms. The Hall–Kier alpha value is -1.07. The molecule has 2 rings (SSSR count). The third kappa shape index (κ3) is 4.23. The van der Waals surface area contributed by atoms with Crippen LogP contribution in [0.25, 0.3) is 6.08 Å². The molecule has 1 fully saturated rings. The molecule has 3 nitrogen and oxygen atoms in total. The van der Waals surface area contributed by atoms with Gasteiger partial charge in [-0.2, -0.15) is 0 Å². The van der Waals surface area contributed by atoms with E-state index in [2.05, 4.69) is 13.8 Å². The summed E-state index contributed by atoms with van der Waals surface area (Å²) in [5.41, 5.74) is 0. The molecular formula is C17H23NO2S2. The predicted molar refractivity (Wildman–Crippen MR) is 96.6 cm³/mol. The Kier molecular flexibility index (Phi) is 6.26. The van der Waals surface area contributed by atoms with Crippen LogP contribution in [-0.4, -0.2) is 21.7 Å². The second-order valence-corrected chi connectivity index (χ2v) is 7.33. The number of nitrogens with zero attached hydrogens (tertiary/aromatic N) is 1. The summed E-state index contributed by atoms with van der Waals surface area (Å²) >= 11 is 6.76. The Labute approximate surface area is 142 Å². The standard InChI is InChI=1S/C17H23NO2S2/c1-4-6-7-13(5-2)11-18-16(19)15(22-17(18)21)10-14-9-8-12(3)20-14/h8-10,13H,4-7,11H2,1-3H3/b15-10+/t13-/m0/s1. The first-order chi connectivity index (χ1) is 10.5. The molecule has 0 unspecified atom stereocenters. The number of carbonyl (C=O) groups excluding carboxylic acids is 1. The van der Waals surface area contributed by atoms with Crippen molar-refractivity contribution in [2.45, 2.75) is 46.5 Å². The number of carbonyl (C=O) groups is 1. The Bertz CT molecular complexity index is 577. The highest BCUT2D eigenvalue weighted by atomic mass is 32.2. The molecule has 1 saturated heterocycles. The van der Waals surface area contributed by atoms with Crippen LogP contribution in [0.2, 0.25) is 0 Å². The summed E-state index contributed by atoms with van der Waals surface area (Å²) in [5.74, 6) is 2.08. The number of furan rings is 1. The van der Waals surface area contributed by atoms with Crippen molar-refractivity contribution in [3.05, 3.63) is 28.6 Å². The Morgan fingerprint density at radius 3 is 2.77 bits per heavy atom. The fourth-order valence-corrected chi connectivity index (χ4v) is 3.75. The van der Waals surface area contributed by atoms with Crippen LogP contribution >= 0.6 is 24.0 Å². The number of thioether (sulfide) groups is 1. The van der Waals surface area contributed by atoms with Gasteiger partial charge in [-0.1, -0.05) is 57.1 Å². The van der Waals surface area contributed by atoms with Crippen molar-refractivity contribution in [2.75, 3.05) is 6.54 Å². The second kappa shape index (κ2) is 7.97. The highest BCUT2D eigenvalue weighted by Gasteiger charge is 2.33. The molecule has 0 aliphatic carbocycles. The molecule has 0 aromatic carbocycles. The van der Waals surface area contributed by atoms with Crippen molar-refractivity contribution in [2.24, 2.45) is 5.92 Å². The van der Waals surface area contributed by atoms with E-state index < -0.39 is 0 Å². The number of rotatable bonds is 7. The van der Waals surface area contributed by atoms with Crippen molar-refractivity contribution < 1.29 is 9.21 Å². The first kappa shape index (κ1) is 17.3. The van der Waals surface area contributed by atoms with Gasteiger partial charge in [0.2, 0.25) is 0 Å². The number of amides is 1. The first-order valence-corrected chi connectivity index (χ1v) is 9.09. The summed E-state index contributed by atoms with van der Waals surface area (Å²) in [6.07, 6.45) is 6.41. The maximum Gasteiger partial charge on any atom is 0.266 e. The van der Waals surface area contributed by atoms with E-state index >= 15 is 0 Å². The van der Waals surface area contributed by atoms with Crippen molar-refractivity contribution in [1.82, 2.24) is 4.90 Å². The third-order valence-corrected chi connectivity index (χ3v) is 5.27. The Morgan fingerprint density at radius 2 is 2.18 bits per heavy atom. The van der Waals surface area contributed by atoms with Gasteiger partial charge in [-0.25, -0.2) is 0 Å². The minimum Gasteiger partial charge on any atom is -0.462 e. The average molecular weight is 338 g/mol. The highest BCUT2D eigenvalue weighted by Crippen LogP contribution is 2.34. The largest absolute Gasteiger partial charge is 0.462 e. The molecule has 1 amide bonds. The monoisotopic (exact) mass is 337 g/mol. The van der Waals surface area contributed by atoms with E-state index in [1.54, 1.807) is 11.0 Å². The van der Waals surface area contributed by atoms with Crippen molar-refractivity contribution in [3.63, 3.8) is 0 Å². The molecule has 120 valence electrons. The van der Waals surface area contributed by atoms with Gasteiger partial charge in [-0.3, -0.25) is 9.69 Å². The highest BCUT2D eigenvalue weighted by molar-refractivity contribution is 8.26. The van der Waals surface area contributed by atoms with E-state index in [0.29, 0.717) is 20.9 Å². The van der Waals surface area contributed by atoms with E-state index in [1.807, 2.05) is 19.1 Å². The minimum atomic E-state index is 0.0130. The van der Waals surface area contributed by atoms with Gasteiger partial charge >= 0.3 is 0 Å². The zero-order valence-electron chi connectivity index (χ0n) is 13.4. The summed E-state index contributed by atoms with van der Waals surface area (Å²) in [6, 6.07) is 3.77. The summed E-state index contributed by atoms with van der Waals surface area (Å²) in [6.45, 7) is 7.00. The van der Waals surface area contributed by atoms with Gasteiger partial charge in [0.05, 0.1) is 4.91 Å². The van der Waals surface area contributed by atoms with Crippen molar-refractivity contribution in [3.8, 4) is 0 Å². The smallest absolute Gasteiger partial charge is 0.266 e. The molecule has 1 atom stereocenters. The van der Waals surface area contributed by atoms with E-state index in [-0.39, 0.29) is 5.91 Å². The van der Waals surface area contributed by atoms with Gasteiger partial charge in [0.1, 0.15) is 15.8 Å². The second-order valence-electron chi connectivity index (χ2n) is 5.66. The van der Waals surface area contributed by atoms with Gasteiger partial charge in [-0.05, 0) is 31.4 Å². The zero-order valence-corrected chi connectivity index (χ0v) is 15.1. The van der Waals surface area contributed by atoms with E-state index in [1.165, 1.54) is 24.6 Å². The molecule has 0 bridgehead atoms. The lowest BCUT2D eigenvalue weighted by atomic mass is 9.99. The van der Waals surface area contributed by atoms with Gasteiger partial charge in [-0.15, -0.1) is 0 Å². The van der Waals surface area contributed by atoms with Crippen LogP contribution in [0.3, 0.4) is 0 Å². The van der Waals surface area contributed by atoms with Crippen LogP contribution in [0, 0.1) is 12.8 Å². The number of hydrogen-bond acceptors (Lipinski definition) is 4. The van der Waals surface area contributed by atoms with Gasteiger partial charge in [0, 0.05) is 12.6 Å². The molecule has 1 aromatic heterocycles. The maximum atomic E-state index is 12.6. The van der Waals surface area contributed by atoms with Crippen LogP contribution in [0.4, 0.5) is 0 Å². The third-order valence-electron chi connectivity index (χ3n) is 3.89. The number of unbranched alkanes of at least 4 members (excludes halogenated alkanes) is 1. The summed E-state index contributed by atoms with van der Waals surface area (Å²) in [7, 11) is 0. The fraction of sp³-hybridized carbons (Fsp3) is 0.529. The van der Waals surface area contributed by atoms with Crippen LogP contribution in [0.1, 0.15) is 51.1 Å². The van der Waals surface area contributed by atoms with Crippen molar-refractivity contribution >= 4 is 40.3 Å². The van der Waals surface area contributed by atoms with Gasteiger partial charge in [0.15, 0.2) is 0 Å². The lowest BCUT2D eigenvalue weighted by Gasteiger charge is -2.21. The molecule has 22 heavy (non-hydrogen) atoms. The number of aryl methyl sites for hydroxylation is 1. The molecule has 0 saturated carbocycles. The molecule has 1 aliphatic heterocycles. The summed E-state index contributed by atoms with van der Waals surface area (Å²) < 4.78 is 6.18. The molecule has 1 aromatic rings. The van der Waals surface area contributed by atoms with Crippen LogP contribution in [-0.2, 0) is 4.79 Å². The van der Waals surface area contributed by atoms with E-state index in [0.717, 1.165) is 25.1 Å². The maximum absolute atomic E-state index is 12.6. The van der Waals surface area contributed by atoms with Crippen LogP contribution in [0.15, 0.2) is 21.5 Å². The summed E-state index contributed by atoms with van der Waals surface area (Å²) in [4.78, 5) is 15.0. The van der Waals surface area contributed by atoms with E-state index in [4.69, 9.17) is 16.6 Å². The molecular weight excluding hydrogens is 314 g/mol. The number of hydrogen-bond donors (Lipinski definition) is 0. The topological polar surface area (TPSA) is 33.5 Å². The zero-order chi connectivity index (χ0) is 16.1. The SMILES string of the molecule is CCCC[C@H](CC)CN1C(=O)/C(=C\c2ccc(C)o2)SC1=S. The lowest BCUT2D eigenvalue weighted by molar-refractivity contribution is -0.122. The fourth-order valence-electron chi connectivity index (χ4n) is 2.49. The molecule has 1 aliphatic rings. The normalized spacial score (nSPS) is 18.5. The van der Waals surface area contributed by atoms with Gasteiger partial charge < -0.3 is 4.42 Å². The Balaban J connectivity index is 2.06. The molecule has 5 heteroatoms. The first-order valence-electron chi connectivity index (χ1n) is 7.87. The van der Waals surface area contributed by atoms with Crippen LogP contribution in [0.5, 0.6) is 0 Å². The quantitative estimate of drug-likeness (QED) is 0.517. The Morgan fingerprint density at radius 1 is 1.41 bits per heavy atom. The predicted octanol–water partition coefficient (Wildman–Crippen LogP) is 5.01. The summed E-state index contributed by atoms with van der Waals surface area (Å²) in [5, 5.41) is 0.